The molecule has 2 N–H and O–H groups in total. The Morgan fingerprint density at radius 1 is 1.35 bits per heavy atom. The molecule has 0 saturated carbocycles. The molecule has 0 spiro atoms. The largest absolute Gasteiger partial charge is 0.497 e. The Bertz CT molecular complexity index is 752. The van der Waals surface area contributed by atoms with Gasteiger partial charge in [-0.2, -0.15) is 0 Å². The number of piperazine rings is 1. The molecule has 142 valence electrons. The van der Waals surface area contributed by atoms with E-state index in [0.717, 1.165) is 50.8 Å². The van der Waals surface area contributed by atoms with E-state index < -0.39 is 5.97 Å². The summed E-state index contributed by atoms with van der Waals surface area (Å²) in [6.07, 6.45) is 2.90. The van der Waals surface area contributed by atoms with Gasteiger partial charge in [-0.1, -0.05) is 6.92 Å². The Labute approximate surface area is 153 Å². The highest BCUT2D eigenvalue weighted by Crippen LogP contribution is 2.24. The number of likely N-dealkylation sites (N-methyl/N-ethyl adjacent to an activating group) is 1. The molecule has 0 radical (unpaired) electrons. The second-order valence-electron chi connectivity index (χ2n) is 6.24. The summed E-state index contributed by atoms with van der Waals surface area (Å²) < 4.78 is 5.30. The molecule has 3 rings (SSSR count). The first-order valence-corrected chi connectivity index (χ1v) is 8.78. The van der Waals surface area contributed by atoms with Gasteiger partial charge in [0.25, 0.3) is 5.97 Å². The number of amides is 1. The van der Waals surface area contributed by atoms with Crippen molar-refractivity contribution in [3.8, 4) is 5.75 Å². The third-order valence-electron chi connectivity index (χ3n) is 4.47. The molecule has 0 bridgehead atoms. The van der Waals surface area contributed by atoms with E-state index in [0.29, 0.717) is 6.54 Å². The third kappa shape index (κ3) is 5.23. The topological polar surface area (TPSA) is 85.9 Å². The maximum atomic E-state index is 12.1. The number of aromatic nitrogens is 1. The second kappa shape index (κ2) is 9.24. The van der Waals surface area contributed by atoms with Crippen LogP contribution in [0.4, 0.5) is 0 Å². The van der Waals surface area contributed by atoms with Gasteiger partial charge in [-0.15, -0.1) is 0 Å². The molecule has 0 atom stereocenters. The zero-order valence-corrected chi connectivity index (χ0v) is 15.6. The zero-order valence-electron chi connectivity index (χ0n) is 15.6. The number of benzene rings is 1. The zero-order chi connectivity index (χ0) is 19.1. The van der Waals surface area contributed by atoms with E-state index in [1.807, 2.05) is 23.2 Å². The molecule has 1 amide bonds. The number of aliphatic carboxylic acids is 1. The fourth-order valence-electron chi connectivity index (χ4n) is 3.01. The minimum atomic E-state index is -0.833. The number of rotatable bonds is 5. The normalized spacial score (nSPS) is 14.9. The maximum absolute atomic E-state index is 12.1. The Hall–Kier alpha value is -2.54. The van der Waals surface area contributed by atoms with Crippen LogP contribution in [0.5, 0.6) is 5.75 Å². The molecule has 1 saturated heterocycles. The van der Waals surface area contributed by atoms with Gasteiger partial charge in [0, 0.05) is 43.7 Å². The molecule has 1 aromatic heterocycles. The van der Waals surface area contributed by atoms with E-state index in [9.17, 15) is 4.79 Å². The van der Waals surface area contributed by atoms with Crippen LogP contribution < -0.4 is 4.74 Å². The smallest absolute Gasteiger partial charge is 0.300 e. The first-order chi connectivity index (χ1) is 12.4. The van der Waals surface area contributed by atoms with Crippen LogP contribution in [0, 0.1) is 0 Å². The van der Waals surface area contributed by atoms with E-state index in [4.69, 9.17) is 14.6 Å². The lowest BCUT2D eigenvalue weighted by molar-refractivity contribution is -0.136. The molecular formula is C19H27N3O4. The van der Waals surface area contributed by atoms with Crippen molar-refractivity contribution in [3.05, 3.63) is 30.0 Å². The van der Waals surface area contributed by atoms with E-state index in [2.05, 4.69) is 22.9 Å². The molecule has 2 heterocycles. The summed E-state index contributed by atoms with van der Waals surface area (Å²) in [6, 6.07) is 6.04. The fraction of sp³-hybridized carbons (Fsp3) is 0.474. The summed E-state index contributed by atoms with van der Waals surface area (Å²) in [4.78, 5) is 28.6. The summed E-state index contributed by atoms with van der Waals surface area (Å²) in [5.41, 5.74) is 2.34. The molecule has 1 aromatic carbocycles. The number of carbonyl (C=O) groups is 2. The van der Waals surface area contributed by atoms with E-state index in [1.165, 1.54) is 10.9 Å². The number of H-pyrrole nitrogens is 1. The SMILES string of the molecule is CC(=O)O.CCN1CCN(CCc2c[nH]c3ccc(OC)cc23)C(=O)C1. The number of carbonyl (C=O) groups excluding carboxylic acids is 1. The fourth-order valence-corrected chi connectivity index (χ4v) is 3.01. The van der Waals surface area contributed by atoms with Crippen molar-refractivity contribution in [1.82, 2.24) is 14.8 Å². The highest BCUT2D eigenvalue weighted by Gasteiger charge is 2.22. The molecule has 1 fully saturated rings. The molecule has 1 aliphatic rings. The van der Waals surface area contributed by atoms with E-state index in [1.54, 1.807) is 7.11 Å². The lowest BCUT2D eigenvalue weighted by atomic mass is 10.1. The molecule has 1 aliphatic heterocycles. The van der Waals surface area contributed by atoms with Crippen molar-refractivity contribution in [1.29, 1.82) is 0 Å². The van der Waals surface area contributed by atoms with Crippen LogP contribution in [0.2, 0.25) is 0 Å². The number of aromatic amines is 1. The predicted molar refractivity (Wildman–Crippen MR) is 101 cm³/mol. The van der Waals surface area contributed by atoms with Crippen LogP contribution in [-0.2, 0) is 16.0 Å². The van der Waals surface area contributed by atoms with Gasteiger partial charge in [0.2, 0.25) is 5.91 Å². The van der Waals surface area contributed by atoms with Crippen molar-refractivity contribution in [3.63, 3.8) is 0 Å². The van der Waals surface area contributed by atoms with Crippen LogP contribution in [0.1, 0.15) is 19.4 Å². The van der Waals surface area contributed by atoms with Gasteiger partial charge in [-0.3, -0.25) is 14.5 Å². The third-order valence-corrected chi connectivity index (χ3v) is 4.47. The number of ether oxygens (including phenoxy) is 1. The van der Waals surface area contributed by atoms with Crippen LogP contribution in [0.25, 0.3) is 10.9 Å². The average molecular weight is 361 g/mol. The number of nitrogens with zero attached hydrogens (tertiary/aromatic N) is 2. The van der Waals surface area contributed by atoms with Gasteiger partial charge in [0.05, 0.1) is 13.7 Å². The van der Waals surface area contributed by atoms with Crippen molar-refractivity contribution in [2.75, 3.05) is 39.8 Å². The minimum Gasteiger partial charge on any atom is -0.497 e. The number of fused-ring (bicyclic) bond motifs is 1. The monoisotopic (exact) mass is 361 g/mol. The number of hydrogen-bond donors (Lipinski definition) is 2. The maximum Gasteiger partial charge on any atom is 0.300 e. The standard InChI is InChI=1S/C17H23N3O2.C2H4O2/c1-3-19-8-9-20(17(21)12-19)7-6-13-11-18-16-5-4-14(22-2)10-15(13)16;1-2(3)4/h4-5,10-11,18H,3,6-9,12H2,1-2H3;1H3,(H,3,4). The summed E-state index contributed by atoms with van der Waals surface area (Å²) in [7, 11) is 1.68. The van der Waals surface area contributed by atoms with Crippen LogP contribution in [0.15, 0.2) is 24.4 Å². The Morgan fingerprint density at radius 2 is 2.08 bits per heavy atom. The first kappa shape index (κ1) is 19.8. The molecule has 7 nitrogen and oxygen atoms in total. The molecule has 0 aliphatic carbocycles. The molecule has 0 unspecified atom stereocenters. The Morgan fingerprint density at radius 3 is 2.69 bits per heavy atom. The number of methoxy groups -OCH3 is 1. The van der Waals surface area contributed by atoms with Crippen molar-refractivity contribution in [2.45, 2.75) is 20.3 Å². The molecular weight excluding hydrogens is 334 g/mol. The van der Waals surface area contributed by atoms with Gasteiger partial charge >= 0.3 is 0 Å². The summed E-state index contributed by atoms with van der Waals surface area (Å²) >= 11 is 0. The van der Waals surface area contributed by atoms with Crippen molar-refractivity contribution < 1.29 is 19.4 Å². The first-order valence-electron chi connectivity index (χ1n) is 8.78. The minimum absolute atomic E-state index is 0.241. The van der Waals surface area contributed by atoms with E-state index in [-0.39, 0.29) is 5.91 Å². The van der Waals surface area contributed by atoms with Crippen LogP contribution in [0.3, 0.4) is 0 Å². The lowest BCUT2D eigenvalue weighted by Crippen LogP contribution is -2.50. The predicted octanol–water partition coefficient (Wildman–Crippen LogP) is 1.97. The summed E-state index contributed by atoms with van der Waals surface area (Å²) in [6.45, 7) is 7.27. The van der Waals surface area contributed by atoms with Gasteiger partial charge in [-0.05, 0) is 36.7 Å². The Balaban J connectivity index is 0.000000552. The quantitative estimate of drug-likeness (QED) is 0.850. The number of hydrogen-bond acceptors (Lipinski definition) is 4. The second-order valence-corrected chi connectivity index (χ2v) is 6.24. The van der Waals surface area contributed by atoms with E-state index >= 15 is 0 Å². The van der Waals surface area contributed by atoms with Crippen molar-refractivity contribution >= 4 is 22.8 Å². The van der Waals surface area contributed by atoms with Crippen LogP contribution in [-0.4, -0.2) is 71.6 Å². The molecule has 2 aromatic rings. The van der Waals surface area contributed by atoms with Gasteiger partial charge in [0.15, 0.2) is 0 Å². The Kier molecular flexibility index (Phi) is 7.03. The summed E-state index contributed by atoms with van der Waals surface area (Å²) in [5, 5.41) is 8.60. The van der Waals surface area contributed by atoms with Crippen molar-refractivity contribution in [2.24, 2.45) is 0 Å². The van der Waals surface area contributed by atoms with Gasteiger partial charge in [-0.25, -0.2) is 0 Å². The van der Waals surface area contributed by atoms with Gasteiger partial charge < -0.3 is 19.7 Å². The van der Waals surface area contributed by atoms with Gasteiger partial charge in [0.1, 0.15) is 5.75 Å². The number of carboxylic acids is 1. The average Bonchev–Trinajstić information content (AvgIpc) is 3.02. The molecule has 26 heavy (non-hydrogen) atoms. The van der Waals surface area contributed by atoms with Crippen LogP contribution >= 0.6 is 0 Å². The highest BCUT2D eigenvalue weighted by molar-refractivity contribution is 5.85. The number of carboxylic acid groups (broad SMARTS) is 1. The molecule has 7 heteroatoms. The summed E-state index contributed by atoms with van der Waals surface area (Å²) in [5.74, 6) is 0.270. The highest BCUT2D eigenvalue weighted by atomic mass is 16.5. The lowest BCUT2D eigenvalue weighted by Gasteiger charge is -2.33. The number of nitrogens with one attached hydrogen (secondary N) is 1.